The van der Waals surface area contributed by atoms with Crippen molar-refractivity contribution in [3.63, 3.8) is 0 Å². The average Bonchev–Trinajstić information content (AvgIpc) is 2.75. The van der Waals surface area contributed by atoms with Gasteiger partial charge in [0, 0.05) is 11.9 Å². The van der Waals surface area contributed by atoms with E-state index >= 15 is 0 Å². The van der Waals surface area contributed by atoms with Crippen LogP contribution in [0.25, 0.3) is 11.0 Å². The molecule has 2 N–H and O–H groups in total. The Hall–Kier alpha value is -3.52. The lowest BCUT2D eigenvalue weighted by molar-refractivity contribution is 0.0831. The number of nitrogens with one attached hydrogen (secondary N) is 1. The van der Waals surface area contributed by atoms with E-state index in [1.807, 2.05) is 0 Å². The topological polar surface area (TPSA) is 107 Å². The van der Waals surface area contributed by atoms with Crippen LogP contribution in [0, 0.1) is 0 Å². The number of benzene rings is 2. The molecule has 8 heteroatoms. The highest BCUT2D eigenvalue weighted by molar-refractivity contribution is 5.96. The maximum absolute atomic E-state index is 12.3. The second-order valence-corrected chi connectivity index (χ2v) is 6.15. The number of hydrogen-bond donors (Lipinski definition) is 2. The van der Waals surface area contributed by atoms with Gasteiger partial charge in [0.05, 0.1) is 14.2 Å². The van der Waals surface area contributed by atoms with E-state index in [9.17, 15) is 14.7 Å². The van der Waals surface area contributed by atoms with Gasteiger partial charge in [-0.3, -0.25) is 4.79 Å². The molecule has 1 amide bonds. The maximum Gasteiger partial charge on any atom is 0.349 e. The summed E-state index contributed by atoms with van der Waals surface area (Å²) in [5, 5.41) is 13.3. The fourth-order valence-corrected chi connectivity index (χ4v) is 2.72. The summed E-state index contributed by atoms with van der Waals surface area (Å²) in [7, 11) is 2.99. The molecule has 1 aromatic heterocycles. The Kier molecular flexibility index (Phi) is 6.36. The molecule has 152 valence electrons. The zero-order valence-corrected chi connectivity index (χ0v) is 16.0. The van der Waals surface area contributed by atoms with Gasteiger partial charge >= 0.3 is 5.63 Å². The van der Waals surface area contributed by atoms with Gasteiger partial charge in [-0.25, -0.2) is 4.79 Å². The van der Waals surface area contributed by atoms with Crippen LogP contribution in [0.5, 0.6) is 17.2 Å². The first kappa shape index (κ1) is 20.2. The summed E-state index contributed by atoms with van der Waals surface area (Å²) >= 11 is 0. The number of aliphatic hydroxyl groups is 1. The van der Waals surface area contributed by atoms with Crippen molar-refractivity contribution in [2.45, 2.75) is 6.10 Å². The van der Waals surface area contributed by atoms with Gasteiger partial charge in [0.1, 0.15) is 23.9 Å². The van der Waals surface area contributed by atoms with E-state index < -0.39 is 17.6 Å². The first-order valence-corrected chi connectivity index (χ1v) is 8.86. The number of para-hydroxylation sites is 2. The van der Waals surface area contributed by atoms with E-state index in [1.54, 1.807) is 42.5 Å². The molecule has 1 unspecified atom stereocenters. The van der Waals surface area contributed by atoms with Gasteiger partial charge in [0.2, 0.25) is 5.75 Å². The molecular formula is C21H21NO7. The van der Waals surface area contributed by atoms with E-state index in [2.05, 4.69) is 5.32 Å². The average molecular weight is 399 g/mol. The molecule has 0 aliphatic rings. The van der Waals surface area contributed by atoms with Crippen LogP contribution in [0.1, 0.15) is 10.4 Å². The van der Waals surface area contributed by atoms with Gasteiger partial charge in [-0.05, 0) is 24.3 Å². The van der Waals surface area contributed by atoms with Crippen molar-refractivity contribution in [3.05, 3.63) is 64.5 Å². The second-order valence-electron chi connectivity index (χ2n) is 6.15. The number of ether oxygens (including phenoxy) is 3. The third kappa shape index (κ3) is 4.67. The van der Waals surface area contributed by atoms with Gasteiger partial charge < -0.3 is 29.1 Å². The third-order valence-corrected chi connectivity index (χ3v) is 4.19. The van der Waals surface area contributed by atoms with E-state index in [4.69, 9.17) is 18.6 Å². The fourth-order valence-electron chi connectivity index (χ4n) is 2.72. The van der Waals surface area contributed by atoms with Crippen molar-refractivity contribution in [2.24, 2.45) is 0 Å². The number of methoxy groups -OCH3 is 2. The molecule has 0 aliphatic carbocycles. The Balaban J connectivity index is 1.61. The first-order valence-electron chi connectivity index (χ1n) is 8.86. The van der Waals surface area contributed by atoms with Crippen molar-refractivity contribution in [1.82, 2.24) is 5.32 Å². The molecular weight excluding hydrogens is 378 g/mol. The zero-order chi connectivity index (χ0) is 20.8. The smallest absolute Gasteiger partial charge is 0.349 e. The van der Waals surface area contributed by atoms with Crippen LogP contribution in [0.3, 0.4) is 0 Å². The van der Waals surface area contributed by atoms with Gasteiger partial charge in [-0.2, -0.15) is 0 Å². The normalized spacial score (nSPS) is 11.7. The summed E-state index contributed by atoms with van der Waals surface area (Å²) in [6, 6.07) is 13.5. The predicted molar refractivity (Wildman–Crippen MR) is 106 cm³/mol. The lowest BCUT2D eigenvalue weighted by atomic mass is 10.2. The molecule has 0 saturated carbocycles. The molecule has 3 rings (SSSR count). The summed E-state index contributed by atoms with van der Waals surface area (Å²) in [5.74, 6) is 0.611. The Labute approximate surface area is 166 Å². The molecule has 0 bridgehead atoms. The first-order chi connectivity index (χ1) is 14.0. The Morgan fingerprint density at radius 2 is 1.79 bits per heavy atom. The number of amides is 1. The number of aliphatic hydroxyl groups excluding tert-OH is 1. The highest BCUT2D eigenvalue weighted by atomic mass is 16.5. The molecule has 8 nitrogen and oxygen atoms in total. The monoisotopic (exact) mass is 399 g/mol. The van der Waals surface area contributed by atoms with Crippen LogP contribution >= 0.6 is 0 Å². The minimum atomic E-state index is -1.03. The Bertz CT molecular complexity index is 1040. The van der Waals surface area contributed by atoms with Crippen molar-refractivity contribution in [2.75, 3.05) is 27.4 Å². The third-order valence-electron chi connectivity index (χ3n) is 4.19. The van der Waals surface area contributed by atoms with Crippen LogP contribution in [0.4, 0.5) is 0 Å². The van der Waals surface area contributed by atoms with Crippen LogP contribution in [-0.4, -0.2) is 44.5 Å². The van der Waals surface area contributed by atoms with E-state index in [0.29, 0.717) is 28.2 Å². The number of hydrogen-bond acceptors (Lipinski definition) is 7. The molecule has 0 saturated heterocycles. The number of fused-ring (bicyclic) bond motifs is 1. The molecule has 29 heavy (non-hydrogen) atoms. The summed E-state index contributed by atoms with van der Waals surface area (Å²) in [4.78, 5) is 24.4. The van der Waals surface area contributed by atoms with Crippen molar-refractivity contribution in [3.8, 4) is 17.2 Å². The molecule has 1 atom stereocenters. The molecule has 0 aliphatic heterocycles. The van der Waals surface area contributed by atoms with Crippen LogP contribution < -0.4 is 25.2 Å². The largest absolute Gasteiger partial charge is 0.493 e. The van der Waals surface area contributed by atoms with Gasteiger partial charge in [0.25, 0.3) is 5.91 Å². The summed E-state index contributed by atoms with van der Waals surface area (Å²) in [5.41, 5.74) is -0.484. The molecule has 2 aromatic carbocycles. The SMILES string of the molecule is COc1cccc(OC)c1OCC(O)CNC(=O)c1cc2ccccc2oc1=O. The summed E-state index contributed by atoms with van der Waals surface area (Å²) < 4.78 is 21.2. The van der Waals surface area contributed by atoms with E-state index in [1.165, 1.54) is 20.3 Å². The lowest BCUT2D eigenvalue weighted by Gasteiger charge is -2.17. The quantitative estimate of drug-likeness (QED) is 0.558. The summed E-state index contributed by atoms with van der Waals surface area (Å²) in [6.07, 6.45) is -1.03. The highest BCUT2D eigenvalue weighted by Gasteiger charge is 2.17. The number of rotatable bonds is 8. The lowest BCUT2D eigenvalue weighted by Crippen LogP contribution is -2.37. The van der Waals surface area contributed by atoms with Gasteiger partial charge in [-0.15, -0.1) is 0 Å². The molecule has 1 heterocycles. The van der Waals surface area contributed by atoms with Crippen LogP contribution in [0.15, 0.2) is 57.7 Å². The number of carbonyl (C=O) groups is 1. The zero-order valence-electron chi connectivity index (χ0n) is 16.0. The van der Waals surface area contributed by atoms with Gasteiger partial charge in [0.15, 0.2) is 11.5 Å². The van der Waals surface area contributed by atoms with E-state index in [0.717, 1.165) is 0 Å². The fraction of sp³-hybridized carbons (Fsp3) is 0.238. The maximum atomic E-state index is 12.3. The van der Waals surface area contributed by atoms with Crippen molar-refractivity contribution in [1.29, 1.82) is 0 Å². The predicted octanol–water partition coefficient (Wildman–Crippen LogP) is 1.98. The molecule has 3 aromatic rings. The van der Waals surface area contributed by atoms with Crippen LogP contribution in [0.2, 0.25) is 0 Å². The second kappa shape index (κ2) is 9.11. The molecule has 0 fully saturated rings. The van der Waals surface area contributed by atoms with Crippen molar-refractivity contribution >= 4 is 16.9 Å². The van der Waals surface area contributed by atoms with Gasteiger partial charge in [-0.1, -0.05) is 24.3 Å². The standard InChI is InChI=1S/C21H21NO7/c1-26-17-8-5-9-18(27-2)19(17)28-12-14(23)11-22-20(24)15-10-13-6-3-4-7-16(13)29-21(15)25/h3-10,14,23H,11-12H2,1-2H3,(H,22,24). The minimum Gasteiger partial charge on any atom is -0.493 e. The molecule has 0 radical (unpaired) electrons. The number of carbonyl (C=O) groups excluding carboxylic acids is 1. The summed E-state index contributed by atoms with van der Waals surface area (Å²) in [6.45, 7) is -0.244. The Morgan fingerprint density at radius 3 is 2.48 bits per heavy atom. The van der Waals surface area contributed by atoms with E-state index in [-0.39, 0.29) is 18.7 Å². The van der Waals surface area contributed by atoms with Crippen molar-refractivity contribution < 1.29 is 28.5 Å². The minimum absolute atomic E-state index is 0.122. The Morgan fingerprint density at radius 1 is 1.10 bits per heavy atom. The highest BCUT2D eigenvalue weighted by Crippen LogP contribution is 2.36. The molecule has 0 spiro atoms. The van der Waals surface area contributed by atoms with Crippen LogP contribution in [-0.2, 0) is 0 Å².